The summed E-state index contributed by atoms with van der Waals surface area (Å²) in [5.41, 5.74) is 8.26. The van der Waals surface area contributed by atoms with Crippen LogP contribution in [0.15, 0.2) is 5.11 Å². The lowest BCUT2D eigenvalue weighted by Gasteiger charge is -2.34. The zero-order valence-electron chi connectivity index (χ0n) is 30.8. The number of hydrogen-bond acceptors (Lipinski definition) is 10. The molecule has 0 aromatic rings. The fourth-order valence-electron chi connectivity index (χ4n) is 7.69. The first-order valence-corrected chi connectivity index (χ1v) is 19.1. The standard InChI is InChI=1S/C36H60N6O9/c1-36(2,3)51-35(46)23-50-30-18-10-6-14-26(30)40-33(44)21-48-28-16-8-4-12-24(28)38-32(43)20-47-29-17-9-5-13-25(29)39-34(45)22-49-31-19-11-7-15-27(31)41-42-37/h24-31H,4-23H2,1-3H3,(H,38,43)(H,39,45)(H,40,44)/t24-,25-,26-,27-,28-,29-,30-,31-/m0/s1. The van der Waals surface area contributed by atoms with Gasteiger partial charge in [-0.1, -0.05) is 56.5 Å². The Morgan fingerprint density at radius 3 is 1.33 bits per heavy atom. The van der Waals surface area contributed by atoms with E-state index in [-0.39, 0.29) is 92.7 Å². The molecule has 0 radical (unpaired) electrons. The molecule has 4 saturated carbocycles. The number of ether oxygens (including phenoxy) is 5. The molecule has 4 rings (SSSR count). The van der Waals surface area contributed by atoms with Crippen molar-refractivity contribution < 1.29 is 42.9 Å². The largest absolute Gasteiger partial charge is 0.458 e. The summed E-state index contributed by atoms with van der Waals surface area (Å²) in [7, 11) is 0. The van der Waals surface area contributed by atoms with Crippen molar-refractivity contribution in [3.05, 3.63) is 10.4 Å². The Bertz CT molecular complexity index is 1190. The maximum atomic E-state index is 13.1. The van der Waals surface area contributed by atoms with Crippen LogP contribution in [0.2, 0.25) is 0 Å². The van der Waals surface area contributed by atoms with Crippen LogP contribution in [0.5, 0.6) is 0 Å². The average Bonchev–Trinajstić information content (AvgIpc) is 3.09. The van der Waals surface area contributed by atoms with Crippen LogP contribution in [0.4, 0.5) is 0 Å². The van der Waals surface area contributed by atoms with Crippen molar-refractivity contribution in [2.45, 2.75) is 178 Å². The van der Waals surface area contributed by atoms with Crippen molar-refractivity contribution in [1.82, 2.24) is 16.0 Å². The second kappa shape index (κ2) is 20.9. The van der Waals surface area contributed by atoms with E-state index in [9.17, 15) is 19.2 Å². The van der Waals surface area contributed by atoms with E-state index < -0.39 is 11.6 Å². The number of rotatable bonds is 16. The van der Waals surface area contributed by atoms with E-state index in [4.69, 9.17) is 29.2 Å². The molecule has 0 heterocycles. The van der Waals surface area contributed by atoms with Gasteiger partial charge in [-0.25, -0.2) is 4.79 Å². The third kappa shape index (κ3) is 14.5. The fraction of sp³-hybridized carbons (Fsp3) is 0.889. The lowest BCUT2D eigenvalue weighted by atomic mass is 9.92. The van der Waals surface area contributed by atoms with Gasteiger partial charge >= 0.3 is 5.97 Å². The molecule has 0 unspecified atom stereocenters. The number of carbonyl (C=O) groups is 4. The summed E-state index contributed by atoms with van der Waals surface area (Å²) < 4.78 is 29.2. The van der Waals surface area contributed by atoms with E-state index in [1.807, 2.05) is 20.8 Å². The lowest BCUT2D eigenvalue weighted by molar-refractivity contribution is -0.163. The molecule has 3 N–H and O–H groups in total. The Balaban J connectivity index is 1.18. The third-order valence-electron chi connectivity index (χ3n) is 10.1. The highest BCUT2D eigenvalue weighted by atomic mass is 16.6. The van der Waals surface area contributed by atoms with Gasteiger partial charge in [0.15, 0.2) is 0 Å². The third-order valence-corrected chi connectivity index (χ3v) is 10.1. The second-order valence-corrected chi connectivity index (χ2v) is 15.4. The SMILES string of the molecule is CC(C)(C)OC(=O)CO[C@H]1CCCC[C@@H]1NC(=O)CO[C@H]1CCCC[C@@H]1NC(=O)CO[C@H]1CCCC[C@@H]1NC(=O)CO[C@H]1CCCC[C@@H]1N=[N+]=[N-]. The Kier molecular flexibility index (Phi) is 16.7. The predicted molar refractivity (Wildman–Crippen MR) is 187 cm³/mol. The molecule has 51 heavy (non-hydrogen) atoms. The Hall–Kier alpha value is -2.97. The maximum Gasteiger partial charge on any atom is 0.332 e. The first-order chi connectivity index (χ1) is 24.5. The van der Waals surface area contributed by atoms with Gasteiger partial charge in [-0.15, -0.1) is 0 Å². The monoisotopic (exact) mass is 720 g/mol. The van der Waals surface area contributed by atoms with Gasteiger partial charge in [0.25, 0.3) is 0 Å². The summed E-state index contributed by atoms with van der Waals surface area (Å²) in [5, 5.41) is 13.0. The van der Waals surface area contributed by atoms with E-state index in [1.54, 1.807) is 0 Å². The van der Waals surface area contributed by atoms with Crippen LogP contribution in [0.1, 0.15) is 124 Å². The lowest BCUT2D eigenvalue weighted by Crippen LogP contribution is -2.51. The number of hydrogen-bond donors (Lipinski definition) is 3. The van der Waals surface area contributed by atoms with Crippen molar-refractivity contribution in [2.75, 3.05) is 26.4 Å². The van der Waals surface area contributed by atoms with E-state index >= 15 is 0 Å². The van der Waals surface area contributed by atoms with Crippen LogP contribution >= 0.6 is 0 Å². The first kappa shape index (κ1) is 40.8. The molecular formula is C36H60N6O9. The normalized spacial score (nSPS) is 29.9. The van der Waals surface area contributed by atoms with Gasteiger partial charge in [-0.05, 0) is 77.7 Å². The molecular weight excluding hydrogens is 660 g/mol. The summed E-state index contributed by atoms with van der Waals surface area (Å²) >= 11 is 0. The molecule has 4 aliphatic rings. The van der Waals surface area contributed by atoms with Crippen molar-refractivity contribution in [1.29, 1.82) is 0 Å². The van der Waals surface area contributed by atoms with Gasteiger partial charge in [-0.2, -0.15) is 0 Å². The van der Waals surface area contributed by atoms with Crippen LogP contribution < -0.4 is 16.0 Å². The molecule has 0 aliphatic heterocycles. The molecule has 15 heteroatoms. The van der Waals surface area contributed by atoms with E-state index in [2.05, 4.69) is 26.0 Å². The number of nitrogens with zero attached hydrogens (tertiary/aromatic N) is 3. The van der Waals surface area contributed by atoms with Crippen molar-refractivity contribution in [2.24, 2.45) is 5.11 Å². The minimum atomic E-state index is -0.592. The van der Waals surface area contributed by atoms with Gasteiger partial charge in [0.2, 0.25) is 17.7 Å². The van der Waals surface area contributed by atoms with Crippen LogP contribution in [0.3, 0.4) is 0 Å². The van der Waals surface area contributed by atoms with Gasteiger partial charge in [0.05, 0.1) is 48.6 Å². The van der Waals surface area contributed by atoms with E-state index in [0.717, 1.165) is 103 Å². The van der Waals surface area contributed by atoms with Crippen molar-refractivity contribution >= 4 is 23.7 Å². The first-order valence-electron chi connectivity index (χ1n) is 19.1. The summed E-state index contributed by atoms with van der Waals surface area (Å²) in [6.07, 6.45) is 12.5. The highest BCUT2D eigenvalue weighted by Crippen LogP contribution is 2.26. The highest BCUT2D eigenvalue weighted by Gasteiger charge is 2.33. The summed E-state index contributed by atoms with van der Waals surface area (Å²) in [4.78, 5) is 53.9. The highest BCUT2D eigenvalue weighted by molar-refractivity contribution is 5.79. The van der Waals surface area contributed by atoms with E-state index in [0.29, 0.717) is 0 Å². The predicted octanol–water partition coefficient (Wildman–Crippen LogP) is 4.30. The Morgan fingerprint density at radius 2 is 0.922 bits per heavy atom. The molecule has 4 fully saturated rings. The molecule has 3 amide bonds. The van der Waals surface area contributed by atoms with Crippen LogP contribution in [-0.4, -0.2) is 104 Å². The summed E-state index contributed by atoms with van der Waals surface area (Å²) in [6.45, 7) is 4.87. The number of nitrogens with one attached hydrogen (secondary N) is 3. The van der Waals surface area contributed by atoms with Crippen LogP contribution in [0.25, 0.3) is 10.4 Å². The van der Waals surface area contributed by atoms with E-state index in [1.165, 1.54) is 0 Å². The summed E-state index contributed by atoms with van der Waals surface area (Å²) in [5.74, 6) is -1.19. The molecule has 8 atom stereocenters. The Labute approximate surface area is 301 Å². The zero-order chi connectivity index (χ0) is 36.6. The topological polar surface area (TPSA) is 199 Å². The molecule has 0 aromatic carbocycles. The molecule has 15 nitrogen and oxygen atoms in total. The molecule has 288 valence electrons. The maximum absolute atomic E-state index is 13.1. The number of azide groups is 1. The van der Waals surface area contributed by atoms with Crippen LogP contribution in [0, 0.1) is 0 Å². The molecule has 0 aromatic heterocycles. The smallest absolute Gasteiger partial charge is 0.332 e. The average molecular weight is 721 g/mol. The summed E-state index contributed by atoms with van der Waals surface area (Å²) in [6, 6.07) is -0.932. The van der Waals surface area contributed by atoms with Gasteiger partial charge in [0, 0.05) is 4.91 Å². The minimum Gasteiger partial charge on any atom is -0.458 e. The van der Waals surface area contributed by atoms with Gasteiger partial charge < -0.3 is 39.6 Å². The van der Waals surface area contributed by atoms with Gasteiger partial charge in [0.1, 0.15) is 32.0 Å². The number of esters is 1. The number of amides is 3. The molecule has 0 saturated heterocycles. The van der Waals surface area contributed by atoms with Crippen molar-refractivity contribution in [3.8, 4) is 0 Å². The molecule has 0 spiro atoms. The quantitative estimate of drug-likeness (QED) is 0.0900. The number of carbonyl (C=O) groups excluding carboxylic acids is 4. The van der Waals surface area contributed by atoms with Crippen LogP contribution in [-0.2, 0) is 42.9 Å². The zero-order valence-corrected chi connectivity index (χ0v) is 30.8. The van der Waals surface area contributed by atoms with Crippen molar-refractivity contribution in [3.63, 3.8) is 0 Å². The Morgan fingerprint density at radius 1 is 0.569 bits per heavy atom. The minimum absolute atomic E-state index is 0.115. The fourth-order valence-corrected chi connectivity index (χ4v) is 7.69. The molecule has 4 aliphatic carbocycles. The molecule has 0 bridgehead atoms. The van der Waals surface area contributed by atoms with Gasteiger partial charge in [-0.3, -0.25) is 14.4 Å². The second-order valence-electron chi connectivity index (χ2n) is 15.4.